The highest BCUT2D eigenvalue weighted by molar-refractivity contribution is 5.93. The summed E-state index contributed by atoms with van der Waals surface area (Å²) in [5, 5.41) is 3.32. The Bertz CT molecular complexity index is 654. The van der Waals surface area contributed by atoms with Crippen LogP contribution in [0, 0.1) is 0 Å². The number of rotatable bonds is 7. The average molecular weight is 313 g/mol. The van der Waals surface area contributed by atoms with Gasteiger partial charge in [-0.05, 0) is 32.0 Å². The standard InChI is InChI=1S/C18H23N3O2/c1-4-21(5-2)18(22)16-12-15(10-11-19-16)20-13-14-8-6-7-9-17(14)23-3/h6-12H,4-5,13H2,1-3H3,(H,19,20). The first-order chi connectivity index (χ1) is 11.2. The van der Waals surface area contributed by atoms with Crippen molar-refractivity contribution in [1.29, 1.82) is 0 Å². The van der Waals surface area contributed by atoms with Crippen LogP contribution in [0.2, 0.25) is 0 Å². The first-order valence-electron chi connectivity index (χ1n) is 7.80. The molecule has 0 aliphatic carbocycles. The van der Waals surface area contributed by atoms with Crippen molar-refractivity contribution in [2.75, 3.05) is 25.5 Å². The van der Waals surface area contributed by atoms with Gasteiger partial charge < -0.3 is 15.0 Å². The third-order valence-corrected chi connectivity index (χ3v) is 3.71. The number of para-hydroxylation sites is 1. The highest BCUT2D eigenvalue weighted by Crippen LogP contribution is 2.19. The fourth-order valence-corrected chi connectivity index (χ4v) is 2.38. The Morgan fingerprint density at radius 1 is 1.22 bits per heavy atom. The van der Waals surface area contributed by atoms with E-state index in [0.717, 1.165) is 17.0 Å². The molecule has 0 fully saturated rings. The Morgan fingerprint density at radius 2 is 1.96 bits per heavy atom. The summed E-state index contributed by atoms with van der Waals surface area (Å²) < 4.78 is 5.34. The highest BCUT2D eigenvalue weighted by Gasteiger charge is 2.14. The number of nitrogens with zero attached hydrogens (tertiary/aromatic N) is 2. The molecule has 0 saturated carbocycles. The number of hydrogen-bond acceptors (Lipinski definition) is 4. The molecule has 0 bridgehead atoms. The predicted molar refractivity (Wildman–Crippen MR) is 91.8 cm³/mol. The van der Waals surface area contributed by atoms with Crippen molar-refractivity contribution in [3.63, 3.8) is 0 Å². The monoisotopic (exact) mass is 313 g/mol. The third kappa shape index (κ3) is 4.22. The Balaban J connectivity index is 2.10. The molecule has 122 valence electrons. The molecule has 0 saturated heterocycles. The quantitative estimate of drug-likeness (QED) is 0.853. The van der Waals surface area contributed by atoms with Crippen molar-refractivity contribution in [2.24, 2.45) is 0 Å². The minimum Gasteiger partial charge on any atom is -0.496 e. The van der Waals surface area contributed by atoms with Crippen LogP contribution in [-0.4, -0.2) is 36.0 Å². The molecule has 1 N–H and O–H groups in total. The lowest BCUT2D eigenvalue weighted by Crippen LogP contribution is -2.31. The fourth-order valence-electron chi connectivity index (χ4n) is 2.38. The molecule has 23 heavy (non-hydrogen) atoms. The number of carbonyl (C=O) groups is 1. The number of anilines is 1. The maximum atomic E-state index is 12.3. The molecule has 0 unspecified atom stereocenters. The number of nitrogens with one attached hydrogen (secondary N) is 1. The maximum absolute atomic E-state index is 12.3. The van der Waals surface area contributed by atoms with Crippen LogP contribution in [0.15, 0.2) is 42.6 Å². The van der Waals surface area contributed by atoms with Crippen LogP contribution in [0.3, 0.4) is 0 Å². The smallest absolute Gasteiger partial charge is 0.272 e. The van der Waals surface area contributed by atoms with E-state index in [9.17, 15) is 4.79 Å². The van der Waals surface area contributed by atoms with E-state index in [1.54, 1.807) is 24.3 Å². The van der Waals surface area contributed by atoms with Crippen LogP contribution in [0.4, 0.5) is 5.69 Å². The summed E-state index contributed by atoms with van der Waals surface area (Å²) in [6, 6.07) is 11.5. The largest absolute Gasteiger partial charge is 0.496 e. The summed E-state index contributed by atoms with van der Waals surface area (Å²) in [6.45, 7) is 5.90. The maximum Gasteiger partial charge on any atom is 0.272 e. The zero-order valence-electron chi connectivity index (χ0n) is 13.9. The number of aromatic nitrogens is 1. The minimum absolute atomic E-state index is 0.0454. The van der Waals surface area contributed by atoms with Gasteiger partial charge in [0.1, 0.15) is 11.4 Å². The molecule has 1 amide bonds. The van der Waals surface area contributed by atoms with E-state index in [0.29, 0.717) is 25.3 Å². The van der Waals surface area contributed by atoms with E-state index in [2.05, 4.69) is 10.3 Å². The minimum atomic E-state index is -0.0454. The van der Waals surface area contributed by atoms with Crippen LogP contribution < -0.4 is 10.1 Å². The summed E-state index contributed by atoms with van der Waals surface area (Å²) in [5.41, 5.74) is 2.38. The van der Waals surface area contributed by atoms with E-state index >= 15 is 0 Å². The Hall–Kier alpha value is -2.56. The van der Waals surface area contributed by atoms with Crippen molar-refractivity contribution in [3.8, 4) is 5.75 Å². The van der Waals surface area contributed by atoms with Crippen molar-refractivity contribution in [3.05, 3.63) is 53.9 Å². The van der Waals surface area contributed by atoms with E-state index in [1.165, 1.54) is 0 Å². The zero-order valence-corrected chi connectivity index (χ0v) is 13.9. The lowest BCUT2D eigenvalue weighted by Gasteiger charge is -2.18. The second-order valence-corrected chi connectivity index (χ2v) is 5.07. The lowest BCUT2D eigenvalue weighted by molar-refractivity contribution is 0.0767. The zero-order chi connectivity index (χ0) is 16.7. The molecular weight excluding hydrogens is 290 g/mol. The predicted octanol–water partition coefficient (Wildman–Crippen LogP) is 3.18. The molecule has 0 radical (unpaired) electrons. The van der Waals surface area contributed by atoms with Gasteiger partial charge in [0.25, 0.3) is 5.91 Å². The number of methoxy groups -OCH3 is 1. The molecule has 1 aromatic carbocycles. The summed E-state index contributed by atoms with van der Waals surface area (Å²) in [4.78, 5) is 18.3. The summed E-state index contributed by atoms with van der Waals surface area (Å²) >= 11 is 0. The second-order valence-electron chi connectivity index (χ2n) is 5.07. The Morgan fingerprint density at radius 3 is 2.65 bits per heavy atom. The van der Waals surface area contributed by atoms with Gasteiger partial charge in [0.15, 0.2) is 0 Å². The second kappa shape index (κ2) is 8.17. The SMILES string of the molecule is CCN(CC)C(=O)c1cc(NCc2ccccc2OC)ccn1. The van der Waals surface area contributed by atoms with Crippen LogP contribution in [0.1, 0.15) is 29.9 Å². The van der Waals surface area contributed by atoms with Gasteiger partial charge in [-0.25, -0.2) is 0 Å². The summed E-state index contributed by atoms with van der Waals surface area (Å²) in [5.74, 6) is 0.796. The first kappa shape index (κ1) is 16.8. The molecule has 2 rings (SSSR count). The van der Waals surface area contributed by atoms with E-state index in [4.69, 9.17) is 4.74 Å². The Kier molecular flexibility index (Phi) is 5.97. The molecule has 2 aromatic rings. The van der Waals surface area contributed by atoms with Gasteiger partial charge in [-0.15, -0.1) is 0 Å². The molecule has 0 aliphatic rings. The molecule has 1 heterocycles. The number of carbonyl (C=O) groups excluding carboxylic acids is 1. The average Bonchev–Trinajstić information content (AvgIpc) is 2.61. The summed E-state index contributed by atoms with van der Waals surface area (Å²) in [6.07, 6.45) is 1.65. The number of hydrogen-bond donors (Lipinski definition) is 1. The number of pyridine rings is 1. The molecular formula is C18H23N3O2. The first-order valence-corrected chi connectivity index (χ1v) is 7.80. The number of benzene rings is 1. The van der Waals surface area contributed by atoms with Gasteiger partial charge in [0, 0.05) is 37.1 Å². The molecule has 0 aliphatic heterocycles. The van der Waals surface area contributed by atoms with E-state index in [1.807, 2.05) is 44.2 Å². The van der Waals surface area contributed by atoms with Crippen LogP contribution in [-0.2, 0) is 6.54 Å². The topological polar surface area (TPSA) is 54.5 Å². The lowest BCUT2D eigenvalue weighted by atomic mass is 10.2. The highest BCUT2D eigenvalue weighted by atomic mass is 16.5. The Labute approximate surface area is 137 Å². The fraction of sp³-hybridized carbons (Fsp3) is 0.333. The molecule has 5 heteroatoms. The van der Waals surface area contributed by atoms with Gasteiger partial charge >= 0.3 is 0 Å². The van der Waals surface area contributed by atoms with Crippen molar-refractivity contribution >= 4 is 11.6 Å². The molecule has 5 nitrogen and oxygen atoms in total. The van der Waals surface area contributed by atoms with Crippen LogP contribution in [0.5, 0.6) is 5.75 Å². The molecule has 0 atom stereocenters. The van der Waals surface area contributed by atoms with Gasteiger partial charge in [-0.3, -0.25) is 9.78 Å². The van der Waals surface area contributed by atoms with Gasteiger partial charge in [0.2, 0.25) is 0 Å². The van der Waals surface area contributed by atoms with Crippen LogP contribution in [0.25, 0.3) is 0 Å². The van der Waals surface area contributed by atoms with Crippen LogP contribution >= 0.6 is 0 Å². The third-order valence-electron chi connectivity index (χ3n) is 3.71. The van der Waals surface area contributed by atoms with Gasteiger partial charge in [-0.2, -0.15) is 0 Å². The molecule has 1 aromatic heterocycles. The van der Waals surface area contributed by atoms with E-state index in [-0.39, 0.29) is 5.91 Å². The van der Waals surface area contributed by atoms with Crippen molar-refractivity contribution < 1.29 is 9.53 Å². The van der Waals surface area contributed by atoms with Crippen molar-refractivity contribution in [2.45, 2.75) is 20.4 Å². The van der Waals surface area contributed by atoms with E-state index < -0.39 is 0 Å². The normalized spacial score (nSPS) is 10.2. The number of amides is 1. The molecule has 0 spiro atoms. The van der Waals surface area contributed by atoms with Crippen molar-refractivity contribution in [1.82, 2.24) is 9.88 Å². The van der Waals surface area contributed by atoms with Gasteiger partial charge in [0.05, 0.1) is 7.11 Å². The summed E-state index contributed by atoms with van der Waals surface area (Å²) in [7, 11) is 1.66. The van der Waals surface area contributed by atoms with Gasteiger partial charge in [-0.1, -0.05) is 18.2 Å². The number of ether oxygens (including phenoxy) is 1.